The van der Waals surface area contributed by atoms with E-state index >= 15 is 0 Å². The zero-order valence-electron chi connectivity index (χ0n) is 13.7. The normalized spacial score (nSPS) is 10.6. The smallest absolute Gasteiger partial charge is 0.276 e. The lowest BCUT2D eigenvalue weighted by Crippen LogP contribution is -2.35. The second-order valence-corrected chi connectivity index (χ2v) is 5.56. The molecule has 2 aromatic heterocycles. The topological polar surface area (TPSA) is 79.5 Å². The number of rotatable bonds is 7. The molecule has 6 heteroatoms. The molecule has 1 N–H and O–H groups in total. The van der Waals surface area contributed by atoms with E-state index < -0.39 is 0 Å². The highest BCUT2D eigenvalue weighted by atomic mass is 16.5. The fourth-order valence-corrected chi connectivity index (χ4v) is 2.53. The first-order chi connectivity index (χ1) is 12.3. The van der Waals surface area contributed by atoms with E-state index in [-0.39, 0.29) is 24.8 Å². The van der Waals surface area contributed by atoms with Gasteiger partial charge >= 0.3 is 0 Å². The SMILES string of the molecule is O=C(c1cc(-c2ccncc2)on1)N(CCO)CCc1ccccc1. The fourth-order valence-electron chi connectivity index (χ4n) is 2.53. The summed E-state index contributed by atoms with van der Waals surface area (Å²) in [6, 6.07) is 15.1. The molecular formula is C19H19N3O3. The van der Waals surface area contributed by atoms with Crippen molar-refractivity contribution in [3.63, 3.8) is 0 Å². The van der Waals surface area contributed by atoms with Gasteiger partial charge in [0.2, 0.25) is 0 Å². The second kappa shape index (κ2) is 8.21. The molecule has 1 aromatic carbocycles. The third-order valence-corrected chi connectivity index (χ3v) is 3.86. The molecule has 0 aliphatic rings. The Labute approximate surface area is 145 Å². The van der Waals surface area contributed by atoms with Crippen LogP contribution in [0.2, 0.25) is 0 Å². The van der Waals surface area contributed by atoms with Crippen molar-refractivity contribution in [3.8, 4) is 11.3 Å². The first-order valence-corrected chi connectivity index (χ1v) is 8.09. The highest BCUT2D eigenvalue weighted by Crippen LogP contribution is 2.20. The molecule has 0 atom stereocenters. The van der Waals surface area contributed by atoms with Gasteiger partial charge in [0.25, 0.3) is 5.91 Å². The Morgan fingerprint density at radius 1 is 1.08 bits per heavy atom. The summed E-state index contributed by atoms with van der Waals surface area (Å²) in [6.45, 7) is 0.652. The predicted octanol–water partition coefficient (Wildman–Crippen LogP) is 2.41. The van der Waals surface area contributed by atoms with Crippen molar-refractivity contribution in [2.75, 3.05) is 19.7 Å². The van der Waals surface area contributed by atoms with Crippen LogP contribution >= 0.6 is 0 Å². The summed E-state index contributed by atoms with van der Waals surface area (Å²) in [6.07, 6.45) is 4.01. The average Bonchev–Trinajstić information content (AvgIpc) is 3.16. The van der Waals surface area contributed by atoms with E-state index in [1.165, 1.54) is 0 Å². The lowest BCUT2D eigenvalue weighted by Gasteiger charge is -2.20. The summed E-state index contributed by atoms with van der Waals surface area (Å²) >= 11 is 0. The molecule has 3 rings (SSSR count). The Bertz CT molecular complexity index is 803. The number of amides is 1. The maximum atomic E-state index is 12.7. The number of aliphatic hydroxyl groups is 1. The number of hydrogen-bond acceptors (Lipinski definition) is 5. The number of benzene rings is 1. The maximum Gasteiger partial charge on any atom is 0.276 e. The number of aliphatic hydroxyl groups excluding tert-OH is 1. The molecule has 0 spiro atoms. The molecule has 3 aromatic rings. The van der Waals surface area contributed by atoms with Crippen molar-refractivity contribution in [1.82, 2.24) is 15.0 Å². The van der Waals surface area contributed by atoms with Gasteiger partial charge in [-0.2, -0.15) is 0 Å². The monoisotopic (exact) mass is 337 g/mol. The summed E-state index contributed by atoms with van der Waals surface area (Å²) in [4.78, 5) is 18.2. The van der Waals surface area contributed by atoms with Crippen LogP contribution < -0.4 is 0 Å². The van der Waals surface area contributed by atoms with Crippen molar-refractivity contribution in [2.24, 2.45) is 0 Å². The van der Waals surface area contributed by atoms with Crippen molar-refractivity contribution in [1.29, 1.82) is 0 Å². The molecule has 0 saturated heterocycles. The van der Waals surface area contributed by atoms with Crippen molar-refractivity contribution in [2.45, 2.75) is 6.42 Å². The maximum absolute atomic E-state index is 12.7. The van der Waals surface area contributed by atoms with Gasteiger partial charge in [0, 0.05) is 37.1 Å². The van der Waals surface area contributed by atoms with E-state index in [9.17, 15) is 9.90 Å². The summed E-state index contributed by atoms with van der Waals surface area (Å²) in [7, 11) is 0. The van der Waals surface area contributed by atoms with Gasteiger partial charge in [-0.05, 0) is 24.1 Å². The summed E-state index contributed by atoms with van der Waals surface area (Å²) in [5, 5.41) is 13.2. The van der Waals surface area contributed by atoms with E-state index in [4.69, 9.17) is 4.52 Å². The van der Waals surface area contributed by atoms with Gasteiger partial charge in [0.1, 0.15) is 0 Å². The van der Waals surface area contributed by atoms with Crippen LogP contribution in [0.4, 0.5) is 0 Å². The van der Waals surface area contributed by atoms with Gasteiger partial charge in [0.05, 0.1) is 6.61 Å². The molecule has 0 bridgehead atoms. The van der Waals surface area contributed by atoms with Gasteiger partial charge in [-0.3, -0.25) is 9.78 Å². The molecule has 2 heterocycles. The highest BCUT2D eigenvalue weighted by molar-refractivity contribution is 5.93. The largest absolute Gasteiger partial charge is 0.395 e. The Morgan fingerprint density at radius 2 is 1.84 bits per heavy atom. The van der Waals surface area contributed by atoms with Crippen LogP contribution in [0.15, 0.2) is 65.4 Å². The quantitative estimate of drug-likeness (QED) is 0.716. The molecule has 128 valence electrons. The molecule has 0 fully saturated rings. The van der Waals surface area contributed by atoms with Crippen LogP contribution in [-0.2, 0) is 6.42 Å². The summed E-state index contributed by atoms with van der Waals surface area (Å²) < 4.78 is 5.28. The first-order valence-electron chi connectivity index (χ1n) is 8.09. The number of hydrogen-bond donors (Lipinski definition) is 1. The van der Waals surface area contributed by atoms with Gasteiger partial charge in [-0.1, -0.05) is 35.5 Å². The van der Waals surface area contributed by atoms with Crippen molar-refractivity contribution < 1.29 is 14.4 Å². The molecule has 6 nitrogen and oxygen atoms in total. The average molecular weight is 337 g/mol. The molecule has 25 heavy (non-hydrogen) atoms. The van der Waals surface area contributed by atoms with Gasteiger partial charge in [-0.15, -0.1) is 0 Å². The molecule has 0 aliphatic heterocycles. The molecule has 0 saturated carbocycles. The second-order valence-electron chi connectivity index (χ2n) is 5.56. The number of nitrogens with zero attached hydrogens (tertiary/aromatic N) is 3. The Kier molecular flexibility index (Phi) is 5.53. The minimum atomic E-state index is -0.256. The van der Waals surface area contributed by atoms with E-state index in [0.717, 1.165) is 11.1 Å². The van der Waals surface area contributed by atoms with Crippen LogP contribution in [0.3, 0.4) is 0 Å². The molecular weight excluding hydrogens is 318 g/mol. The Hall–Kier alpha value is -2.99. The lowest BCUT2D eigenvalue weighted by molar-refractivity contribution is 0.0713. The molecule has 0 unspecified atom stereocenters. The van der Waals surface area contributed by atoms with E-state index in [0.29, 0.717) is 18.7 Å². The zero-order valence-corrected chi connectivity index (χ0v) is 13.7. The Morgan fingerprint density at radius 3 is 2.56 bits per heavy atom. The van der Waals surface area contributed by atoms with Gasteiger partial charge in [-0.25, -0.2) is 0 Å². The van der Waals surface area contributed by atoms with Gasteiger partial charge < -0.3 is 14.5 Å². The van der Waals surface area contributed by atoms with Crippen LogP contribution in [-0.4, -0.2) is 45.8 Å². The summed E-state index contributed by atoms with van der Waals surface area (Å²) in [5.74, 6) is 0.256. The third-order valence-electron chi connectivity index (χ3n) is 3.86. The third kappa shape index (κ3) is 4.30. The number of pyridine rings is 1. The van der Waals surface area contributed by atoms with Crippen LogP contribution in [0, 0.1) is 0 Å². The summed E-state index contributed by atoms with van der Waals surface area (Å²) in [5.41, 5.74) is 2.17. The van der Waals surface area contributed by atoms with E-state index in [1.807, 2.05) is 30.3 Å². The number of aromatic nitrogens is 2. The van der Waals surface area contributed by atoms with Crippen molar-refractivity contribution >= 4 is 5.91 Å². The predicted molar refractivity (Wildman–Crippen MR) is 92.9 cm³/mol. The minimum absolute atomic E-state index is 0.102. The number of carbonyl (C=O) groups excluding carboxylic acids is 1. The highest BCUT2D eigenvalue weighted by Gasteiger charge is 2.20. The first kappa shape index (κ1) is 16.9. The van der Waals surface area contributed by atoms with Gasteiger partial charge in [0.15, 0.2) is 11.5 Å². The van der Waals surface area contributed by atoms with Crippen LogP contribution in [0.25, 0.3) is 11.3 Å². The molecule has 0 aliphatic carbocycles. The molecule has 1 amide bonds. The molecule has 0 radical (unpaired) electrons. The Balaban J connectivity index is 1.71. The minimum Gasteiger partial charge on any atom is -0.395 e. The standard InChI is InChI=1S/C19H19N3O3/c23-13-12-22(11-8-15-4-2-1-3-5-15)19(24)17-14-18(25-21-17)16-6-9-20-10-7-16/h1-7,9-10,14,23H,8,11-13H2. The van der Waals surface area contributed by atoms with Crippen LogP contribution in [0.1, 0.15) is 16.1 Å². The van der Waals surface area contributed by atoms with E-state index in [2.05, 4.69) is 10.1 Å². The lowest BCUT2D eigenvalue weighted by atomic mass is 10.1. The fraction of sp³-hybridized carbons (Fsp3) is 0.211. The number of carbonyl (C=O) groups is 1. The van der Waals surface area contributed by atoms with Crippen molar-refractivity contribution in [3.05, 3.63) is 72.2 Å². The van der Waals surface area contributed by atoms with E-state index in [1.54, 1.807) is 35.5 Å². The zero-order chi connectivity index (χ0) is 17.5. The van der Waals surface area contributed by atoms with Crippen LogP contribution in [0.5, 0.6) is 0 Å².